The first-order chi connectivity index (χ1) is 10.2. The van der Waals surface area contributed by atoms with Gasteiger partial charge in [-0.2, -0.15) is 0 Å². The van der Waals surface area contributed by atoms with E-state index >= 15 is 0 Å². The van der Waals surface area contributed by atoms with Crippen molar-refractivity contribution >= 4 is 5.97 Å². The van der Waals surface area contributed by atoms with Crippen LogP contribution in [-0.2, 0) is 4.79 Å². The molecule has 1 aromatic carbocycles. The topological polar surface area (TPSA) is 58.6 Å². The Balaban J connectivity index is 1.85. The molecule has 1 aliphatic heterocycles. The van der Waals surface area contributed by atoms with Gasteiger partial charge >= 0.3 is 5.97 Å². The summed E-state index contributed by atoms with van der Waals surface area (Å²) in [5.41, 5.74) is 2.49. The minimum atomic E-state index is -0.712. The van der Waals surface area contributed by atoms with E-state index in [1.54, 1.807) is 7.11 Å². The molecule has 2 atom stereocenters. The molecule has 1 saturated heterocycles. The summed E-state index contributed by atoms with van der Waals surface area (Å²) in [5.74, 6) is 0.511. The molecular weight excluding hydrogens is 266 g/mol. The van der Waals surface area contributed by atoms with Gasteiger partial charge in [-0.1, -0.05) is 25.0 Å². The second kappa shape index (κ2) is 6.06. The lowest BCUT2D eigenvalue weighted by Gasteiger charge is -2.18. The van der Waals surface area contributed by atoms with E-state index in [1.165, 1.54) is 31.2 Å². The van der Waals surface area contributed by atoms with E-state index in [0.717, 1.165) is 11.3 Å². The van der Waals surface area contributed by atoms with Gasteiger partial charge in [-0.15, -0.1) is 0 Å². The Bertz CT molecular complexity index is 523. The maximum atomic E-state index is 11.1. The molecule has 1 aliphatic carbocycles. The molecule has 114 valence electrons. The lowest BCUT2D eigenvalue weighted by atomic mass is 9.92. The van der Waals surface area contributed by atoms with Crippen molar-refractivity contribution in [3.63, 3.8) is 0 Å². The van der Waals surface area contributed by atoms with Crippen LogP contribution in [0.1, 0.15) is 55.2 Å². The van der Waals surface area contributed by atoms with Crippen molar-refractivity contribution in [3.8, 4) is 5.75 Å². The van der Waals surface area contributed by atoms with Crippen LogP contribution in [0.15, 0.2) is 18.2 Å². The third kappa shape index (κ3) is 2.91. The summed E-state index contributed by atoms with van der Waals surface area (Å²) >= 11 is 0. The highest BCUT2D eigenvalue weighted by atomic mass is 16.5. The summed E-state index contributed by atoms with van der Waals surface area (Å²) in [6, 6.07) is 6.53. The second-order valence-corrected chi connectivity index (χ2v) is 6.21. The van der Waals surface area contributed by atoms with Crippen molar-refractivity contribution in [1.29, 1.82) is 0 Å². The van der Waals surface area contributed by atoms with Gasteiger partial charge in [0.2, 0.25) is 0 Å². The van der Waals surface area contributed by atoms with E-state index in [-0.39, 0.29) is 12.0 Å². The van der Waals surface area contributed by atoms with E-state index in [9.17, 15) is 4.79 Å². The summed E-state index contributed by atoms with van der Waals surface area (Å²) in [5, 5.41) is 12.5. The quantitative estimate of drug-likeness (QED) is 0.894. The van der Waals surface area contributed by atoms with Crippen LogP contribution in [0.5, 0.6) is 5.75 Å². The van der Waals surface area contributed by atoms with Crippen LogP contribution in [0.25, 0.3) is 0 Å². The van der Waals surface area contributed by atoms with E-state index in [1.807, 2.05) is 6.07 Å². The van der Waals surface area contributed by atoms with Crippen molar-refractivity contribution in [2.24, 2.45) is 5.92 Å². The number of methoxy groups -OCH3 is 1. The fraction of sp³-hybridized carbons (Fsp3) is 0.588. The Morgan fingerprint density at radius 3 is 2.71 bits per heavy atom. The molecule has 3 rings (SSSR count). The number of carboxylic acids is 1. The predicted octanol–water partition coefficient (Wildman–Crippen LogP) is 3.09. The van der Waals surface area contributed by atoms with Gasteiger partial charge in [-0.05, 0) is 36.8 Å². The smallest absolute Gasteiger partial charge is 0.307 e. The van der Waals surface area contributed by atoms with Crippen molar-refractivity contribution in [2.45, 2.75) is 44.1 Å². The molecule has 1 heterocycles. The van der Waals surface area contributed by atoms with Gasteiger partial charge in [0.25, 0.3) is 0 Å². The number of carbonyl (C=O) groups is 1. The molecule has 0 radical (unpaired) electrons. The Labute approximate surface area is 125 Å². The number of carboxylic acid groups (broad SMARTS) is 1. The molecule has 0 aromatic heterocycles. The Kier molecular flexibility index (Phi) is 4.15. The third-order valence-electron chi connectivity index (χ3n) is 4.94. The molecule has 1 saturated carbocycles. The molecule has 2 aliphatic rings. The zero-order valence-corrected chi connectivity index (χ0v) is 12.5. The Hall–Kier alpha value is -1.55. The zero-order valence-electron chi connectivity index (χ0n) is 12.5. The fourth-order valence-corrected chi connectivity index (χ4v) is 3.70. The number of nitrogens with one attached hydrogen (secondary N) is 1. The lowest BCUT2D eigenvalue weighted by Crippen LogP contribution is -2.17. The third-order valence-corrected chi connectivity index (χ3v) is 4.94. The molecule has 2 unspecified atom stereocenters. The van der Waals surface area contributed by atoms with Crippen LogP contribution in [0.2, 0.25) is 0 Å². The summed E-state index contributed by atoms with van der Waals surface area (Å²) < 4.78 is 5.48. The molecule has 0 bridgehead atoms. The van der Waals surface area contributed by atoms with E-state index in [0.29, 0.717) is 18.9 Å². The first-order valence-electron chi connectivity index (χ1n) is 7.83. The molecule has 2 fully saturated rings. The molecule has 1 aromatic rings. The average molecular weight is 289 g/mol. The van der Waals surface area contributed by atoms with Crippen LogP contribution < -0.4 is 10.1 Å². The second-order valence-electron chi connectivity index (χ2n) is 6.21. The predicted molar refractivity (Wildman–Crippen MR) is 80.7 cm³/mol. The summed E-state index contributed by atoms with van der Waals surface area (Å²) in [7, 11) is 1.68. The first kappa shape index (κ1) is 14.4. The highest BCUT2D eigenvalue weighted by molar-refractivity contribution is 5.71. The largest absolute Gasteiger partial charge is 0.496 e. The van der Waals surface area contributed by atoms with Gasteiger partial charge in [0.15, 0.2) is 0 Å². The van der Waals surface area contributed by atoms with Crippen LogP contribution >= 0.6 is 0 Å². The van der Waals surface area contributed by atoms with Gasteiger partial charge < -0.3 is 15.2 Å². The van der Waals surface area contributed by atoms with Gasteiger partial charge in [0.05, 0.1) is 13.0 Å². The molecule has 4 nitrogen and oxygen atoms in total. The van der Waals surface area contributed by atoms with Crippen LogP contribution in [0.4, 0.5) is 0 Å². The van der Waals surface area contributed by atoms with E-state index in [2.05, 4.69) is 17.4 Å². The summed E-state index contributed by atoms with van der Waals surface area (Å²) in [4.78, 5) is 11.1. The standard InChI is InChI=1S/C17H23NO3/c1-21-16-7-6-12(11-4-2-3-5-11)8-14(16)15-9-13(10-18-15)17(19)20/h6-8,11,13,15,18H,2-5,9-10H2,1H3,(H,19,20). The van der Waals surface area contributed by atoms with Crippen molar-refractivity contribution < 1.29 is 14.6 Å². The highest BCUT2D eigenvalue weighted by Gasteiger charge is 2.32. The maximum Gasteiger partial charge on any atom is 0.307 e. The normalized spacial score (nSPS) is 26.1. The van der Waals surface area contributed by atoms with E-state index < -0.39 is 5.97 Å². The number of ether oxygens (including phenoxy) is 1. The van der Waals surface area contributed by atoms with Crippen LogP contribution in [-0.4, -0.2) is 24.7 Å². The summed E-state index contributed by atoms with van der Waals surface area (Å²) in [6.45, 7) is 0.539. The molecule has 0 amide bonds. The SMILES string of the molecule is COc1ccc(C2CCCC2)cc1C1CC(C(=O)O)CN1. The Morgan fingerprint density at radius 1 is 1.33 bits per heavy atom. The first-order valence-corrected chi connectivity index (χ1v) is 7.83. The summed E-state index contributed by atoms with van der Waals surface area (Å²) in [6.07, 6.45) is 5.80. The highest BCUT2D eigenvalue weighted by Crippen LogP contribution is 2.39. The zero-order chi connectivity index (χ0) is 14.8. The number of aliphatic carboxylic acids is 1. The fourth-order valence-electron chi connectivity index (χ4n) is 3.70. The monoisotopic (exact) mass is 289 g/mol. The van der Waals surface area contributed by atoms with Gasteiger partial charge in [-0.25, -0.2) is 0 Å². The van der Waals surface area contributed by atoms with Crippen LogP contribution in [0.3, 0.4) is 0 Å². The number of hydrogen-bond acceptors (Lipinski definition) is 3. The van der Waals surface area contributed by atoms with E-state index in [4.69, 9.17) is 9.84 Å². The number of hydrogen-bond donors (Lipinski definition) is 2. The van der Waals surface area contributed by atoms with Crippen molar-refractivity contribution in [2.75, 3.05) is 13.7 Å². The number of rotatable bonds is 4. The van der Waals surface area contributed by atoms with Crippen LogP contribution in [0, 0.1) is 5.92 Å². The maximum absolute atomic E-state index is 11.1. The molecular formula is C17H23NO3. The van der Waals surface area contributed by atoms with Gasteiger partial charge in [0.1, 0.15) is 5.75 Å². The molecule has 2 N–H and O–H groups in total. The average Bonchev–Trinajstić information content (AvgIpc) is 3.18. The minimum absolute atomic E-state index is 0.0856. The van der Waals surface area contributed by atoms with Gasteiger partial charge in [-0.3, -0.25) is 4.79 Å². The Morgan fingerprint density at radius 2 is 2.10 bits per heavy atom. The van der Waals surface area contributed by atoms with Crippen molar-refractivity contribution in [3.05, 3.63) is 29.3 Å². The van der Waals surface area contributed by atoms with Gasteiger partial charge in [0, 0.05) is 18.2 Å². The number of benzene rings is 1. The molecule has 0 spiro atoms. The minimum Gasteiger partial charge on any atom is -0.496 e. The molecule has 21 heavy (non-hydrogen) atoms. The molecule has 4 heteroatoms. The van der Waals surface area contributed by atoms with Crippen molar-refractivity contribution in [1.82, 2.24) is 5.32 Å². The lowest BCUT2D eigenvalue weighted by molar-refractivity contribution is -0.141.